The van der Waals surface area contributed by atoms with Gasteiger partial charge in [-0.1, -0.05) is 0 Å². The van der Waals surface area contributed by atoms with Crippen molar-refractivity contribution < 1.29 is 27.5 Å². The molecule has 0 N–H and O–H groups in total. The molecule has 19 heavy (non-hydrogen) atoms. The average molecular weight is 293 g/mol. The van der Waals surface area contributed by atoms with Crippen LogP contribution in [-0.4, -0.2) is 56.7 Å². The van der Waals surface area contributed by atoms with Crippen LogP contribution in [0.15, 0.2) is 0 Å². The molecule has 1 fully saturated rings. The number of carbonyl (C=O) groups is 2. The number of ether oxygens (including phenoxy) is 2. The molecular formula is C11H19NO6S. The van der Waals surface area contributed by atoms with E-state index in [1.165, 1.54) is 14.0 Å². The quantitative estimate of drug-likeness (QED) is 0.673. The third-order valence-corrected chi connectivity index (χ3v) is 5.41. The maximum Gasteiger partial charge on any atom is 0.325 e. The molecule has 110 valence electrons. The number of hydrogen-bond acceptors (Lipinski definition) is 6. The van der Waals surface area contributed by atoms with Crippen molar-refractivity contribution >= 4 is 22.0 Å². The van der Waals surface area contributed by atoms with E-state index in [0.29, 0.717) is 12.8 Å². The van der Waals surface area contributed by atoms with Gasteiger partial charge < -0.3 is 9.47 Å². The largest absolute Gasteiger partial charge is 0.468 e. The summed E-state index contributed by atoms with van der Waals surface area (Å²) in [7, 11) is -1.58. The Morgan fingerprint density at radius 3 is 2.37 bits per heavy atom. The Hall–Kier alpha value is -1.15. The fraction of sp³-hybridized carbons (Fsp3) is 0.818. The van der Waals surface area contributed by atoms with Gasteiger partial charge in [0.25, 0.3) is 0 Å². The molecule has 0 aromatic heterocycles. The zero-order valence-electron chi connectivity index (χ0n) is 11.3. The molecule has 0 aromatic rings. The molecule has 7 nitrogen and oxygen atoms in total. The van der Waals surface area contributed by atoms with Gasteiger partial charge in [-0.2, -0.15) is 4.31 Å². The van der Waals surface area contributed by atoms with E-state index in [1.54, 1.807) is 0 Å². The summed E-state index contributed by atoms with van der Waals surface area (Å²) in [5.74, 6) is -1.44. The molecule has 1 saturated heterocycles. The molecule has 0 bridgehead atoms. The van der Waals surface area contributed by atoms with Gasteiger partial charge in [0, 0.05) is 6.54 Å². The average Bonchev–Trinajstić information content (AvgIpc) is 2.44. The minimum absolute atomic E-state index is 0.212. The molecule has 0 aliphatic carbocycles. The standard InChI is InChI=1S/C11H19NO6S/c1-8(10(13)17-2)19(15,16)12-7-5-4-6-9(12)11(14)18-3/h8-9H,4-7H2,1-3H3/t8?,9-/m1/s1. The number of methoxy groups -OCH3 is 2. The molecule has 1 unspecified atom stereocenters. The van der Waals surface area contributed by atoms with Gasteiger partial charge in [-0.05, 0) is 26.2 Å². The fourth-order valence-electron chi connectivity index (χ4n) is 2.07. The third kappa shape index (κ3) is 3.24. The first-order chi connectivity index (χ1) is 8.86. The molecular weight excluding hydrogens is 274 g/mol. The summed E-state index contributed by atoms with van der Waals surface area (Å²) >= 11 is 0. The van der Waals surface area contributed by atoms with Gasteiger partial charge in [0.15, 0.2) is 5.25 Å². The van der Waals surface area contributed by atoms with E-state index in [4.69, 9.17) is 0 Å². The summed E-state index contributed by atoms with van der Waals surface area (Å²) in [5.41, 5.74) is 0. The van der Waals surface area contributed by atoms with E-state index in [9.17, 15) is 18.0 Å². The van der Waals surface area contributed by atoms with Crippen LogP contribution in [0.3, 0.4) is 0 Å². The number of hydrogen-bond donors (Lipinski definition) is 0. The van der Waals surface area contributed by atoms with Crippen molar-refractivity contribution in [2.24, 2.45) is 0 Å². The van der Waals surface area contributed by atoms with E-state index < -0.39 is 33.3 Å². The van der Waals surface area contributed by atoms with E-state index >= 15 is 0 Å². The highest BCUT2D eigenvalue weighted by atomic mass is 32.2. The van der Waals surface area contributed by atoms with Gasteiger partial charge in [0.2, 0.25) is 10.0 Å². The zero-order chi connectivity index (χ0) is 14.6. The van der Waals surface area contributed by atoms with Crippen LogP contribution in [0.25, 0.3) is 0 Å². The van der Waals surface area contributed by atoms with E-state index in [2.05, 4.69) is 9.47 Å². The maximum absolute atomic E-state index is 12.3. The van der Waals surface area contributed by atoms with E-state index in [1.807, 2.05) is 0 Å². The SMILES string of the molecule is COC(=O)C(C)S(=O)(=O)N1CCCC[C@@H]1C(=O)OC. The molecule has 1 rings (SSSR count). The van der Waals surface area contributed by atoms with Gasteiger partial charge >= 0.3 is 11.9 Å². The van der Waals surface area contributed by atoms with Crippen molar-refractivity contribution in [3.63, 3.8) is 0 Å². The highest BCUT2D eigenvalue weighted by molar-refractivity contribution is 7.90. The lowest BCUT2D eigenvalue weighted by atomic mass is 10.1. The first kappa shape index (κ1) is 15.9. The Balaban J connectivity index is 3.02. The van der Waals surface area contributed by atoms with Crippen LogP contribution >= 0.6 is 0 Å². The molecule has 0 spiro atoms. The van der Waals surface area contributed by atoms with Crippen molar-refractivity contribution in [3.8, 4) is 0 Å². The molecule has 0 amide bonds. The first-order valence-electron chi connectivity index (χ1n) is 6.02. The summed E-state index contributed by atoms with van der Waals surface area (Å²) in [4.78, 5) is 23.0. The number of piperidine rings is 1. The Labute approximate surface area is 112 Å². The van der Waals surface area contributed by atoms with Crippen LogP contribution < -0.4 is 0 Å². The molecule has 1 aliphatic heterocycles. The van der Waals surface area contributed by atoms with Gasteiger partial charge in [-0.25, -0.2) is 8.42 Å². The highest BCUT2D eigenvalue weighted by Crippen LogP contribution is 2.24. The number of rotatable bonds is 4. The molecule has 0 radical (unpaired) electrons. The van der Waals surface area contributed by atoms with Crippen molar-refractivity contribution in [2.75, 3.05) is 20.8 Å². The Kier molecular flexibility index (Phi) is 5.30. The van der Waals surface area contributed by atoms with Gasteiger partial charge in [0.1, 0.15) is 6.04 Å². The lowest BCUT2D eigenvalue weighted by Gasteiger charge is -2.33. The monoisotopic (exact) mass is 293 g/mol. The van der Waals surface area contributed by atoms with Crippen LogP contribution in [0.4, 0.5) is 0 Å². The van der Waals surface area contributed by atoms with Crippen LogP contribution in [0.2, 0.25) is 0 Å². The van der Waals surface area contributed by atoms with Gasteiger partial charge in [-0.3, -0.25) is 9.59 Å². The summed E-state index contributed by atoms with van der Waals surface area (Å²) in [6.45, 7) is 1.47. The fourth-order valence-corrected chi connectivity index (χ4v) is 3.75. The van der Waals surface area contributed by atoms with E-state index in [-0.39, 0.29) is 6.54 Å². The maximum atomic E-state index is 12.3. The van der Waals surface area contributed by atoms with Crippen LogP contribution in [-0.2, 0) is 29.1 Å². The number of nitrogens with zero attached hydrogens (tertiary/aromatic N) is 1. The Morgan fingerprint density at radius 2 is 1.84 bits per heavy atom. The van der Waals surface area contributed by atoms with Crippen LogP contribution in [0.1, 0.15) is 26.2 Å². The minimum Gasteiger partial charge on any atom is -0.468 e. The van der Waals surface area contributed by atoms with Crippen molar-refractivity contribution in [3.05, 3.63) is 0 Å². The smallest absolute Gasteiger partial charge is 0.325 e. The van der Waals surface area contributed by atoms with Crippen molar-refractivity contribution in [2.45, 2.75) is 37.5 Å². The van der Waals surface area contributed by atoms with Crippen molar-refractivity contribution in [1.82, 2.24) is 4.31 Å². The number of carbonyl (C=O) groups excluding carboxylic acids is 2. The summed E-state index contributed by atoms with van der Waals surface area (Å²) < 4.78 is 34.8. The predicted octanol–water partition coefficient (Wildman–Crippen LogP) is -0.0948. The molecule has 1 aliphatic rings. The lowest BCUT2D eigenvalue weighted by Crippen LogP contribution is -2.52. The predicted molar refractivity (Wildman–Crippen MR) is 66.8 cm³/mol. The summed E-state index contributed by atoms with van der Waals surface area (Å²) in [6, 6.07) is -0.851. The first-order valence-corrected chi connectivity index (χ1v) is 7.53. The molecule has 0 saturated carbocycles. The summed E-state index contributed by atoms with van der Waals surface area (Å²) in [5, 5.41) is -1.33. The molecule has 1 heterocycles. The molecule has 2 atom stereocenters. The van der Waals surface area contributed by atoms with Crippen LogP contribution in [0.5, 0.6) is 0 Å². The number of sulfonamides is 1. The Morgan fingerprint density at radius 1 is 1.21 bits per heavy atom. The van der Waals surface area contributed by atoms with Crippen LogP contribution in [0, 0.1) is 0 Å². The second-order valence-electron chi connectivity index (χ2n) is 4.36. The highest BCUT2D eigenvalue weighted by Gasteiger charge is 2.42. The van der Waals surface area contributed by atoms with E-state index in [0.717, 1.165) is 17.8 Å². The third-order valence-electron chi connectivity index (χ3n) is 3.23. The zero-order valence-corrected chi connectivity index (χ0v) is 12.1. The number of esters is 2. The van der Waals surface area contributed by atoms with Gasteiger partial charge in [-0.15, -0.1) is 0 Å². The normalized spacial score (nSPS) is 22.6. The van der Waals surface area contributed by atoms with Gasteiger partial charge in [0.05, 0.1) is 14.2 Å². The Bertz CT molecular complexity index is 446. The second-order valence-corrected chi connectivity index (χ2v) is 6.56. The molecule has 8 heteroatoms. The second kappa shape index (κ2) is 6.33. The molecule has 0 aromatic carbocycles. The topological polar surface area (TPSA) is 90.0 Å². The summed E-state index contributed by atoms with van der Waals surface area (Å²) in [6.07, 6.45) is 1.80. The lowest BCUT2D eigenvalue weighted by molar-refractivity contribution is -0.146. The van der Waals surface area contributed by atoms with Crippen molar-refractivity contribution in [1.29, 1.82) is 0 Å². The minimum atomic E-state index is -3.92.